The van der Waals surface area contributed by atoms with Crippen LogP contribution >= 0.6 is 0 Å². The van der Waals surface area contributed by atoms with E-state index >= 15 is 0 Å². The predicted octanol–water partition coefficient (Wildman–Crippen LogP) is 2.39. The molecule has 0 amide bonds. The Morgan fingerprint density at radius 1 is 1.22 bits per heavy atom. The molecule has 1 aromatic carbocycles. The maximum absolute atomic E-state index is 5.79. The molecule has 152 valence electrons. The molecule has 1 heterocycles. The van der Waals surface area contributed by atoms with Gasteiger partial charge in [-0.25, -0.2) is 0 Å². The van der Waals surface area contributed by atoms with Crippen LogP contribution in [0.15, 0.2) is 29.3 Å². The van der Waals surface area contributed by atoms with Crippen molar-refractivity contribution in [3.8, 4) is 0 Å². The van der Waals surface area contributed by atoms with E-state index in [2.05, 4.69) is 58.6 Å². The summed E-state index contributed by atoms with van der Waals surface area (Å²) in [4.78, 5) is 6.76. The summed E-state index contributed by atoms with van der Waals surface area (Å²) in [6.07, 6.45) is 2.25. The fraction of sp³-hybridized carbons (Fsp3) is 0.667. The normalized spacial score (nSPS) is 17.5. The standard InChI is InChI=1S/C21H36N4O2/c1-4-25(5-2)16-19-10-7-6-9-18(19)15-24-21(22-3)23-12-8-13-27-20-11-14-26-17-20/h6-7,9-10,20H,4-5,8,11-17H2,1-3H3,(H2,22,23,24). The van der Waals surface area contributed by atoms with Gasteiger partial charge in [-0.15, -0.1) is 0 Å². The number of aliphatic imine (C=N–C) groups is 1. The summed E-state index contributed by atoms with van der Waals surface area (Å²) in [5.41, 5.74) is 2.69. The van der Waals surface area contributed by atoms with Crippen LogP contribution in [0.3, 0.4) is 0 Å². The van der Waals surface area contributed by atoms with E-state index in [0.29, 0.717) is 0 Å². The van der Waals surface area contributed by atoms with Gasteiger partial charge in [-0.1, -0.05) is 38.1 Å². The maximum Gasteiger partial charge on any atom is 0.191 e. The number of ether oxygens (including phenoxy) is 2. The van der Waals surface area contributed by atoms with E-state index in [-0.39, 0.29) is 6.10 Å². The highest BCUT2D eigenvalue weighted by atomic mass is 16.5. The summed E-state index contributed by atoms with van der Waals surface area (Å²) in [5.74, 6) is 0.830. The van der Waals surface area contributed by atoms with Crippen molar-refractivity contribution in [2.75, 3.05) is 46.5 Å². The Morgan fingerprint density at radius 3 is 2.67 bits per heavy atom. The average Bonchev–Trinajstić information content (AvgIpc) is 3.22. The van der Waals surface area contributed by atoms with Gasteiger partial charge in [0.15, 0.2) is 5.96 Å². The molecule has 6 nitrogen and oxygen atoms in total. The molecule has 2 N–H and O–H groups in total. The van der Waals surface area contributed by atoms with E-state index in [9.17, 15) is 0 Å². The lowest BCUT2D eigenvalue weighted by atomic mass is 10.1. The van der Waals surface area contributed by atoms with Crippen molar-refractivity contribution in [3.63, 3.8) is 0 Å². The average molecular weight is 377 g/mol. The van der Waals surface area contributed by atoms with E-state index < -0.39 is 0 Å². The third-order valence-electron chi connectivity index (χ3n) is 4.93. The number of hydrogen-bond donors (Lipinski definition) is 2. The second kappa shape index (κ2) is 12.7. The molecular formula is C21H36N4O2. The second-order valence-electron chi connectivity index (χ2n) is 6.79. The van der Waals surface area contributed by atoms with Crippen molar-refractivity contribution >= 4 is 5.96 Å². The highest BCUT2D eigenvalue weighted by Crippen LogP contribution is 2.12. The Hall–Kier alpha value is -1.63. The number of benzene rings is 1. The Labute approximate surface area is 164 Å². The molecule has 0 saturated carbocycles. The molecule has 0 spiro atoms. The molecule has 2 rings (SSSR count). The van der Waals surface area contributed by atoms with Gasteiger partial charge in [-0.05, 0) is 37.1 Å². The molecule has 6 heteroatoms. The third kappa shape index (κ3) is 7.87. The van der Waals surface area contributed by atoms with Gasteiger partial charge in [0.25, 0.3) is 0 Å². The van der Waals surface area contributed by atoms with Crippen molar-refractivity contribution in [2.24, 2.45) is 4.99 Å². The van der Waals surface area contributed by atoms with Crippen LogP contribution in [0.2, 0.25) is 0 Å². The molecule has 1 aliphatic rings. The van der Waals surface area contributed by atoms with Crippen LogP contribution < -0.4 is 10.6 Å². The quantitative estimate of drug-likeness (QED) is 0.353. The molecule has 0 radical (unpaired) electrons. The molecule has 1 aromatic rings. The maximum atomic E-state index is 5.79. The molecule has 0 aliphatic carbocycles. The predicted molar refractivity (Wildman–Crippen MR) is 111 cm³/mol. The van der Waals surface area contributed by atoms with Gasteiger partial charge < -0.3 is 20.1 Å². The Bertz CT molecular complexity index is 555. The van der Waals surface area contributed by atoms with Crippen molar-refractivity contribution in [3.05, 3.63) is 35.4 Å². The van der Waals surface area contributed by atoms with Gasteiger partial charge in [0.2, 0.25) is 0 Å². The van der Waals surface area contributed by atoms with Crippen molar-refractivity contribution < 1.29 is 9.47 Å². The minimum absolute atomic E-state index is 0.282. The number of hydrogen-bond acceptors (Lipinski definition) is 4. The fourth-order valence-corrected chi connectivity index (χ4v) is 3.15. The van der Waals surface area contributed by atoms with Crippen LogP contribution in [0.4, 0.5) is 0 Å². The lowest BCUT2D eigenvalue weighted by Gasteiger charge is -2.20. The molecule has 1 saturated heterocycles. The van der Waals surface area contributed by atoms with Gasteiger partial charge in [0, 0.05) is 39.9 Å². The van der Waals surface area contributed by atoms with E-state index in [1.807, 2.05) is 7.05 Å². The number of rotatable bonds is 11. The smallest absolute Gasteiger partial charge is 0.191 e. The molecule has 1 atom stereocenters. The number of nitrogens with one attached hydrogen (secondary N) is 2. The number of guanidine groups is 1. The minimum Gasteiger partial charge on any atom is -0.379 e. The molecule has 27 heavy (non-hydrogen) atoms. The van der Waals surface area contributed by atoms with Crippen molar-refractivity contribution in [2.45, 2.75) is 45.9 Å². The van der Waals surface area contributed by atoms with Gasteiger partial charge >= 0.3 is 0 Å². The van der Waals surface area contributed by atoms with Crippen LogP contribution in [-0.2, 0) is 22.6 Å². The van der Waals surface area contributed by atoms with Crippen molar-refractivity contribution in [1.29, 1.82) is 0 Å². The fourth-order valence-electron chi connectivity index (χ4n) is 3.15. The first-order valence-electron chi connectivity index (χ1n) is 10.2. The van der Waals surface area contributed by atoms with Gasteiger partial charge in [-0.3, -0.25) is 9.89 Å². The van der Waals surface area contributed by atoms with Crippen LogP contribution in [-0.4, -0.2) is 63.5 Å². The molecule has 1 aliphatic heterocycles. The Morgan fingerprint density at radius 2 is 2.00 bits per heavy atom. The summed E-state index contributed by atoms with van der Waals surface area (Å²) in [5, 5.41) is 6.79. The summed E-state index contributed by atoms with van der Waals surface area (Å²) in [6, 6.07) is 8.63. The highest BCUT2D eigenvalue weighted by molar-refractivity contribution is 5.79. The van der Waals surface area contributed by atoms with Crippen LogP contribution in [0, 0.1) is 0 Å². The monoisotopic (exact) mass is 376 g/mol. The van der Waals surface area contributed by atoms with E-state index in [4.69, 9.17) is 9.47 Å². The van der Waals surface area contributed by atoms with Crippen LogP contribution in [0.5, 0.6) is 0 Å². The minimum atomic E-state index is 0.282. The topological polar surface area (TPSA) is 58.1 Å². The second-order valence-corrected chi connectivity index (χ2v) is 6.79. The Balaban J connectivity index is 1.71. The SMILES string of the molecule is CCN(CC)Cc1ccccc1CNC(=NC)NCCCOC1CCOC1. The molecule has 0 aromatic heterocycles. The van der Waals surface area contributed by atoms with E-state index in [0.717, 1.165) is 71.3 Å². The third-order valence-corrected chi connectivity index (χ3v) is 4.93. The molecular weight excluding hydrogens is 340 g/mol. The lowest BCUT2D eigenvalue weighted by molar-refractivity contribution is 0.0420. The molecule has 1 fully saturated rings. The van der Waals surface area contributed by atoms with E-state index in [1.54, 1.807) is 0 Å². The van der Waals surface area contributed by atoms with Crippen molar-refractivity contribution in [1.82, 2.24) is 15.5 Å². The van der Waals surface area contributed by atoms with E-state index in [1.165, 1.54) is 11.1 Å². The summed E-state index contributed by atoms with van der Waals surface area (Å²) in [7, 11) is 1.81. The summed E-state index contributed by atoms with van der Waals surface area (Å²) >= 11 is 0. The number of nitrogens with zero attached hydrogens (tertiary/aromatic N) is 2. The first-order chi connectivity index (χ1) is 13.3. The molecule has 0 bridgehead atoms. The zero-order valence-electron chi connectivity index (χ0n) is 17.2. The summed E-state index contributed by atoms with van der Waals surface area (Å²) < 4.78 is 11.1. The largest absolute Gasteiger partial charge is 0.379 e. The van der Waals surface area contributed by atoms with Gasteiger partial charge in [-0.2, -0.15) is 0 Å². The lowest BCUT2D eigenvalue weighted by Crippen LogP contribution is -2.38. The Kier molecular flexibility index (Phi) is 10.2. The van der Waals surface area contributed by atoms with Crippen LogP contribution in [0.25, 0.3) is 0 Å². The van der Waals surface area contributed by atoms with Gasteiger partial charge in [0.05, 0.1) is 12.7 Å². The first kappa shape index (κ1) is 21.7. The zero-order valence-corrected chi connectivity index (χ0v) is 17.2. The van der Waals surface area contributed by atoms with Gasteiger partial charge in [0.1, 0.15) is 0 Å². The molecule has 1 unspecified atom stereocenters. The summed E-state index contributed by atoms with van der Waals surface area (Å²) in [6.45, 7) is 11.5. The van der Waals surface area contributed by atoms with Crippen LogP contribution in [0.1, 0.15) is 37.8 Å². The zero-order chi connectivity index (χ0) is 19.3. The first-order valence-corrected chi connectivity index (χ1v) is 10.2. The highest BCUT2D eigenvalue weighted by Gasteiger charge is 2.15.